The van der Waals surface area contributed by atoms with Crippen LogP contribution in [0.3, 0.4) is 0 Å². The average Bonchev–Trinajstić information content (AvgIpc) is 3.14. The molecule has 0 saturated heterocycles. The molecule has 2 heterocycles. The summed E-state index contributed by atoms with van der Waals surface area (Å²) in [5, 5.41) is 20.3. The summed E-state index contributed by atoms with van der Waals surface area (Å²) in [6, 6.07) is 7.26. The van der Waals surface area contributed by atoms with E-state index in [1.165, 1.54) is 0 Å². The number of rotatable bonds is 6. The van der Waals surface area contributed by atoms with Crippen molar-refractivity contribution in [3.63, 3.8) is 0 Å². The van der Waals surface area contributed by atoms with Crippen molar-refractivity contribution in [2.24, 2.45) is 5.73 Å². The zero-order valence-corrected chi connectivity index (χ0v) is 14.3. The molecule has 7 heteroatoms. The zero-order chi connectivity index (χ0) is 17.8. The third-order valence-corrected chi connectivity index (χ3v) is 3.99. The Bertz CT molecular complexity index is 847. The molecule has 25 heavy (non-hydrogen) atoms. The number of hydrogen-bond donors (Lipinski definition) is 4. The molecule has 0 aliphatic carbocycles. The van der Waals surface area contributed by atoms with Gasteiger partial charge < -0.3 is 16.2 Å². The number of phenolic OH excluding ortho intramolecular Hbond substituents is 1. The number of nitrogens with two attached hydrogens (primary N) is 1. The van der Waals surface area contributed by atoms with E-state index in [0.29, 0.717) is 23.8 Å². The number of H-pyrrole nitrogens is 1. The fourth-order valence-corrected chi connectivity index (χ4v) is 2.46. The Labute approximate surface area is 146 Å². The van der Waals surface area contributed by atoms with E-state index in [9.17, 15) is 5.11 Å². The van der Waals surface area contributed by atoms with E-state index < -0.39 is 0 Å². The second kappa shape index (κ2) is 7.31. The summed E-state index contributed by atoms with van der Waals surface area (Å²) in [6.07, 6.45) is 4.41. The van der Waals surface area contributed by atoms with E-state index in [4.69, 9.17) is 5.73 Å². The van der Waals surface area contributed by atoms with Crippen LogP contribution in [0.25, 0.3) is 22.5 Å². The number of nitrogens with zero attached hydrogens (tertiary/aromatic N) is 3. The van der Waals surface area contributed by atoms with Gasteiger partial charge in [0.05, 0.1) is 11.8 Å². The SMILES string of the molecule is CCC(N)CNc1cc(C)nc(-c2cc(-c3cn[nH]c3)ccc2O)n1. The summed E-state index contributed by atoms with van der Waals surface area (Å²) >= 11 is 0. The first-order valence-corrected chi connectivity index (χ1v) is 8.24. The lowest BCUT2D eigenvalue weighted by molar-refractivity contribution is 0.477. The van der Waals surface area contributed by atoms with E-state index in [-0.39, 0.29) is 11.8 Å². The molecule has 1 aromatic carbocycles. The molecule has 0 bridgehead atoms. The predicted octanol–water partition coefficient (Wildman–Crippen LogP) is 2.70. The maximum Gasteiger partial charge on any atom is 0.165 e. The number of aryl methyl sites for hydroxylation is 1. The normalized spacial score (nSPS) is 12.1. The van der Waals surface area contributed by atoms with E-state index in [1.54, 1.807) is 18.5 Å². The van der Waals surface area contributed by atoms with E-state index in [0.717, 1.165) is 23.2 Å². The van der Waals surface area contributed by atoms with Crippen molar-refractivity contribution in [3.05, 3.63) is 42.4 Å². The molecular weight excluding hydrogens is 316 g/mol. The van der Waals surface area contributed by atoms with Crippen molar-refractivity contribution in [1.82, 2.24) is 20.2 Å². The number of phenols is 1. The average molecular weight is 338 g/mol. The van der Waals surface area contributed by atoms with Gasteiger partial charge in [0.25, 0.3) is 0 Å². The first-order valence-electron chi connectivity index (χ1n) is 8.24. The zero-order valence-electron chi connectivity index (χ0n) is 14.3. The maximum absolute atomic E-state index is 10.3. The number of aromatic nitrogens is 4. The highest BCUT2D eigenvalue weighted by atomic mass is 16.3. The highest BCUT2D eigenvalue weighted by Gasteiger charge is 2.12. The molecule has 0 amide bonds. The minimum absolute atomic E-state index is 0.0662. The lowest BCUT2D eigenvalue weighted by Crippen LogP contribution is -2.28. The topological polar surface area (TPSA) is 113 Å². The lowest BCUT2D eigenvalue weighted by atomic mass is 10.0. The quantitative estimate of drug-likeness (QED) is 0.550. The largest absolute Gasteiger partial charge is 0.507 e. The first kappa shape index (κ1) is 16.9. The number of hydrogen-bond acceptors (Lipinski definition) is 6. The molecule has 0 radical (unpaired) electrons. The van der Waals surface area contributed by atoms with Gasteiger partial charge in [0.15, 0.2) is 5.82 Å². The summed E-state index contributed by atoms with van der Waals surface area (Å²) in [5.74, 6) is 1.30. The van der Waals surface area contributed by atoms with Gasteiger partial charge in [-0.25, -0.2) is 9.97 Å². The second-order valence-corrected chi connectivity index (χ2v) is 5.99. The number of aromatic hydroxyl groups is 1. The van der Waals surface area contributed by atoms with Gasteiger partial charge in [-0.3, -0.25) is 5.10 Å². The van der Waals surface area contributed by atoms with Crippen LogP contribution in [-0.2, 0) is 0 Å². The van der Waals surface area contributed by atoms with Crippen LogP contribution < -0.4 is 11.1 Å². The minimum atomic E-state index is 0.0662. The third kappa shape index (κ3) is 3.95. The van der Waals surface area contributed by atoms with Crippen molar-refractivity contribution in [2.45, 2.75) is 26.3 Å². The third-order valence-electron chi connectivity index (χ3n) is 3.99. The molecule has 7 nitrogen and oxygen atoms in total. The van der Waals surface area contributed by atoms with Crippen molar-refractivity contribution in [3.8, 4) is 28.3 Å². The molecule has 0 aliphatic heterocycles. The highest BCUT2D eigenvalue weighted by molar-refractivity contribution is 5.74. The summed E-state index contributed by atoms with van der Waals surface area (Å²) in [4.78, 5) is 9.00. The smallest absolute Gasteiger partial charge is 0.165 e. The standard InChI is InChI=1S/C18H22N6O/c1-3-14(19)10-20-17-6-11(2)23-18(24-17)15-7-12(4-5-16(15)25)13-8-21-22-9-13/h4-9,14,25H,3,10,19H2,1-2H3,(H,21,22)(H,20,23,24). The summed E-state index contributed by atoms with van der Waals surface area (Å²) in [6.45, 7) is 4.57. The van der Waals surface area contributed by atoms with Gasteiger partial charge in [-0.2, -0.15) is 5.10 Å². The number of aromatic amines is 1. The van der Waals surface area contributed by atoms with Gasteiger partial charge in [-0.05, 0) is 31.0 Å². The molecule has 3 aromatic rings. The van der Waals surface area contributed by atoms with Crippen LogP contribution in [0.2, 0.25) is 0 Å². The summed E-state index contributed by atoms with van der Waals surface area (Å²) in [5.41, 5.74) is 9.19. The maximum atomic E-state index is 10.3. The number of anilines is 1. The van der Waals surface area contributed by atoms with Crippen LogP contribution in [0, 0.1) is 6.92 Å². The Morgan fingerprint density at radius 1 is 1.24 bits per heavy atom. The van der Waals surface area contributed by atoms with Gasteiger partial charge >= 0.3 is 0 Å². The van der Waals surface area contributed by atoms with Crippen LogP contribution in [0.4, 0.5) is 5.82 Å². The predicted molar refractivity (Wildman–Crippen MR) is 98.2 cm³/mol. The second-order valence-electron chi connectivity index (χ2n) is 5.99. The summed E-state index contributed by atoms with van der Waals surface area (Å²) in [7, 11) is 0. The van der Waals surface area contributed by atoms with Crippen molar-refractivity contribution >= 4 is 5.82 Å². The van der Waals surface area contributed by atoms with Gasteiger partial charge in [-0.1, -0.05) is 13.0 Å². The van der Waals surface area contributed by atoms with Crippen LogP contribution in [0.5, 0.6) is 5.75 Å². The minimum Gasteiger partial charge on any atom is -0.507 e. The monoisotopic (exact) mass is 338 g/mol. The first-order chi connectivity index (χ1) is 12.1. The number of benzene rings is 1. The van der Waals surface area contributed by atoms with Crippen molar-refractivity contribution < 1.29 is 5.11 Å². The van der Waals surface area contributed by atoms with Gasteiger partial charge in [0.2, 0.25) is 0 Å². The molecule has 130 valence electrons. The lowest BCUT2D eigenvalue weighted by Gasteiger charge is -2.13. The van der Waals surface area contributed by atoms with E-state index in [1.807, 2.05) is 32.0 Å². The fourth-order valence-electron chi connectivity index (χ4n) is 2.46. The molecule has 1 atom stereocenters. The molecule has 0 spiro atoms. The van der Waals surface area contributed by atoms with Crippen molar-refractivity contribution in [1.29, 1.82) is 0 Å². The molecular formula is C18H22N6O. The Morgan fingerprint density at radius 3 is 2.80 bits per heavy atom. The summed E-state index contributed by atoms with van der Waals surface area (Å²) < 4.78 is 0. The number of nitrogens with one attached hydrogen (secondary N) is 2. The van der Waals surface area contributed by atoms with Gasteiger partial charge in [0, 0.05) is 36.1 Å². The molecule has 0 fully saturated rings. The molecule has 2 aromatic heterocycles. The Hall–Kier alpha value is -2.93. The molecule has 3 rings (SSSR count). The molecule has 0 aliphatic rings. The molecule has 1 unspecified atom stereocenters. The Kier molecular flexibility index (Phi) is 4.95. The molecule has 5 N–H and O–H groups in total. The van der Waals surface area contributed by atoms with E-state index >= 15 is 0 Å². The Morgan fingerprint density at radius 2 is 2.08 bits per heavy atom. The van der Waals surface area contributed by atoms with Gasteiger partial charge in [-0.15, -0.1) is 0 Å². The van der Waals surface area contributed by atoms with Crippen LogP contribution in [0.1, 0.15) is 19.0 Å². The molecule has 0 saturated carbocycles. The van der Waals surface area contributed by atoms with Gasteiger partial charge in [0.1, 0.15) is 11.6 Å². The highest BCUT2D eigenvalue weighted by Crippen LogP contribution is 2.32. The van der Waals surface area contributed by atoms with E-state index in [2.05, 4.69) is 25.5 Å². The van der Waals surface area contributed by atoms with Crippen LogP contribution in [0.15, 0.2) is 36.7 Å². The van der Waals surface area contributed by atoms with Crippen molar-refractivity contribution in [2.75, 3.05) is 11.9 Å². The van der Waals surface area contributed by atoms with Crippen LogP contribution in [-0.4, -0.2) is 37.9 Å². The van der Waals surface area contributed by atoms with Crippen LogP contribution >= 0.6 is 0 Å². The Balaban J connectivity index is 1.95. The fraction of sp³-hybridized carbons (Fsp3) is 0.278.